The molecule has 0 aliphatic rings. The third-order valence-corrected chi connectivity index (χ3v) is 4.64. The third-order valence-electron chi connectivity index (χ3n) is 4.64. The summed E-state index contributed by atoms with van der Waals surface area (Å²) in [5.41, 5.74) is 2.97. The van der Waals surface area contributed by atoms with Crippen LogP contribution in [0.5, 0.6) is 5.88 Å². The first-order valence-electron chi connectivity index (χ1n) is 10.1. The minimum atomic E-state index is -0.199. The van der Waals surface area contributed by atoms with Crippen LogP contribution < -0.4 is 10.1 Å². The fraction of sp³-hybridized carbons (Fsp3) is 0.292. The summed E-state index contributed by atoms with van der Waals surface area (Å²) in [6.07, 6.45) is 5.08. The second-order valence-electron chi connectivity index (χ2n) is 6.96. The molecule has 0 N–H and O–H groups in total. The van der Waals surface area contributed by atoms with E-state index in [9.17, 15) is 4.79 Å². The molecule has 0 radical (unpaired) electrons. The van der Waals surface area contributed by atoms with Gasteiger partial charge in [-0.2, -0.15) is 5.10 Å². The molecule has 5 heteroatoms. The normalized spacial score (nSPS) is 11.4. The second-order valence-corrected chi connectivity index (χ2v) is 6.96. The van der Waals surface area contributed by atoms with Crippen molar-refractivity contribution in [2.75, 3.05) is 6.61 Å². The molecule has 2 aromatic carbocycles. The molecule has 1 amide bonds. The number of carbonyl (C=O) groups excluding carboxylic acids is 1. The molecular weight excluding hydrogens is 362 g/mol. The smallest absolute Gasteiger partial charge is 0.250 e. The molecule has 0 aliphatic heterocycles. The van der Waals surface area contributed by atoms with Crippen LogP contribution in [-0.4, -0.2) is 22.3 Å². The van der Waals surface area contributed by atoms with Crippen molar-refractivity contribution in [3.8, 4) is 11.6 Å². The number of aryl methyl sites for hydroxylation is 1. The molecular formula is C24H27N3O2. The lowest BCUT2D eigenvalue weighted by Crippen LogP contribution is -2.16. The highest BCUT2D eigenvalue weighted by Crippen LogP contribution is 2.15. The first-order chi connectivity index (χ1) is 14.2. The fourth-order valence-electron chi connectivity index (χ4n) is 3.01. The van der Waals surface area contributed by atoms with Crippen molar-refractivity contribution in [2.24, 2.45) is 4.99 Å². The largest absolute Gasteiger partial charge is 0.478 e. The zero-order valence-electron chi connectivity index (χ0n) is 17.0. The van der Waals surface area contributed by atoms with Crippen LogP contribution in [0.2, 0.25) is 0 Å². The summed E-state index contributed by atoms with van der Waals surface area (Å²) in [4.78, 5) is 16.7. The van der Waals surface area contributed by atoms with Crippen molar-refractivity contribution in [3.63, 3.8) is 0 Å². The number of hydrogen-bond donors (Lipinski definition) is 0. The highest BCUT2D eigenvalue weighted by molar-refractivity contribution is 5.79. The van der Waals surface area contributed by atoms with Gasteiger partial charge in [0.1, 0.15) is 0 Å². The number of para-hydroxylation sites is 1. The molecule has 0 bridgehead atoms. The first kappa shape index (κ1) is 20.5. The maximum absolute atomic E-state index is 12.5. The molecule has 3 rings (SSSR count). The number of amides is 1. The number of nitrogens with zero attached hydrogens (tertiary/aromatic N) is 3. The minimum absolute atomic E-state index is 0.199. The Hall–Kier alpha value is -3.21. The van der Waals surface area contributed by atoms with Crippen LogP contribution in [0.1, 0.15) is 37.3 Å². The Morgan fingerprint density at radius 1 is 1.07 bits per heavy atom. The van der Waals surface area contributed by atoms with E-state index in [2.05, 4.69) is 17.0 Å². The van der Waals surface area contributed by atoms with Crippen LogP contribution in [0.3, 0.4) is 0 Å². The van der Waals surface area contributed by atoms with Crippen molar-refractivity contribution in [2.45, 2.75) is 39.5 Å². The van der Waals surface area contributed by atoms with E-state index < -0.39 is 0 Å². The average Bonchev–Trinajstić information content (AvgIpc) is 2.74. The topological polar surface area (TPSA) is 56.5 Å². The number of rotatable bonds is 8. The molecule has 0 atom stereocenters. The minimum Gasteiger partial charge on any atom is -0.478 e. The average molecular weight is 389 g/mol. The Kier molecular flexibility index (Phi) is 7.34. The SMILES string of the molecule is CCCCCOc1cc(=NC(=O)Cc2ccccc2C)cnn1-c1ccccc1. The molecule has 0 aliphatic carbocycles. The van der Waals surface area contributed by atoms with E-state index in [0.717, 1.165) is 36.1 Å². The van der Waals surface area contributed by atoms with Crippen LogP contribution in [0.15, 0.2) is 71.9 Å². The van der Waals surface area contributed by atoms with Crippen molar-refractivity contribution in [1.29, 1.82) is 0 Å². The van der Waals surface area contributed by atoms with Gasteiger partial charge in [-0.3, -0.25) is 4.79 Å². The Morgan fingerprint density at radius 3 is 2.59 bits per heavy atom. The summed E-state index contributed by atoms with van der Waals surface area (Å²) < 4.78 is 7.72. The first-order valence-corrected chi connectivity index (χ1v) is 10.1. The molecule has 29 heavy (non-hydrogen) atoms. The van der Waals surface area contributed by atoms with Gasteiger partial charge in [-0.15, -0.1) is 0 Å². The second kappa shape index (κ2) is 10.4. The molecule has 0 unspecified atom stereocenters. The molecule has 3 aromatic rings. The molecule has 1 heterocycles. The number of hydrogen-bond acceptors (Lipinski definition) is 3. The summed E-state index contributed by atoms with van der Waals surface area (Å²) in [6.45, 7) is 4.76. The summed E-state index contributed by atoms with van der Waals surface area (Å²) in [7, 11) is 0. The lowest BCUT2D eigenvalue weighted by atomic mass is 10.1. The van der Waals surface area contributed by atoms with Gasteiger partial charge < -0.3 is 4.74 Å². The summed E-state index contributed by atoms with van der Waals surface area (Å²) in [6, 6.07) is 19.4. The zero-order valence-corrected chi connectivity index (χ0v) is 17.0. The Balaban J connectivity index is 1.86. The van der Waals surface area contributed by atoms with E-state index >= 15 is 0 Å². The van der Waals surface area contributed by atoms with Gasteiger partial charge in [-0.1, -0.05) is 62.2 Å². The molecule has 5 nitrogen and oxygen atoms in total. The Bertz CT molecular complexity index is 1010. The molecule has 1 aromatic heterocycles. The number of benzene rings is 2. The molecule has 0 saturated carbocycles. The summed E-state index contributed by atoms with van der Waals surface area (Å²) in [5, 5.41) is 4.97. The predicted molar refractivity (Wildman–Crippen MR) is 114 cm³/mol. The third kappa shape index (κ3) is 5.88. The lowest BCUT2D eigenvalue weighted by molar-refractivity contribution is -0.117. The summed E-state index contributed by atoms with van der Waals surface area (Å²) in [5.74, 6) is 0.382. The lowest BCUT2D eigenvalue weighted by Gasteiger charge is -2.13. The van der Waals surface area contributed by atoms with Crippen LogP contribution in [0.4, 0.5) is 0 Å². The van der Waals surface area contributed by atoms with Crippen molar-refractivity contribution < 1.29 is 9.53 Å². The number of aromatic nitrogens is 2. The van der Waals surface area contributed by atoms with Crippen LogP contribution >= 0.6 is 0 Å². The Morgan fingerprint density at radius 2 is 1.83 bits per heavy atom. The molecule has 150 valence electrons. The summed E-state index contributed by atoms with van der Waals surface area (Å²) >= 11 is 0. The van der Waals surface area contributed by atoms with Gasteiger partial charge >= 0.3 is 0 Å². The van der Waals surface area contributed by atoms with Gasteiger partial charge in [-0.05, 0) is 36.6 Å². The number of ether oxygens (including phenoxy) is 1. The van der Waals surface area contributed by atoms with E-state index in [1.165, 1.54) is 0 Å². The molecule has 0 fully saturated rings. The van der Waals surface area contributed by atoms with Crippen molar-refractivity contribution in [1.82, 2.24) is 9.78 Å². The van der Waals surface area contributed by atoms with Crippen LogP contribution in [0.25, 0.3) is 5.69 Å². The van der Waals surface area contributed by atoms with Gasteiger partial charge in [0.2, 0.25) is 5.88 Å². The van der Waals surface area contributed by atoms with Gasteiger partial charge in [0, 0.05) is 6.07 Å². The van der Waals surface area contributed by atoms with Gasteiger partial charge in [0.25, 0.3) is 5.91 Å². The van der Waals surface area contributed by atoms with Gasteiger partial charge in [0.05, 0.1) is 30.3 Å². The van der Waals surface area contributed by atoms with E-state index in [1.54, 1.807) is 16.9 Å². The number of carbonyl (C=O) groups is 1. The van der Waals surface area contributed by atoms with Crippen molar-refractivity contribution >= 4 is 5.91 Å². The predicted octanol–water partition coefficient (Wildman–Crippen LogP) is 4.42. The van der Waals surface area contributed by atoms with E-state index in [-0.39, 0.29) is 12.3 Å². The standard InChI is InChI=1S/C24H27N3O2/c1-3-4-10-15-29-24-17-21(18-25-27(24)22-13-6-5-7-14-22)26-23(28)16-20-12-9-8-11-19(20)2/h5-9,11-14,17-18H,3-4,10,15-16H2,1-2H3. The Labute approximate surface area is 171 Å². The van der Waals surface area contributed by atoms with Gasteiger partial charge in [-0.25, -0.2) is 9.67 Å². The molecule has 0 spiro atoms. The molecule has 0 saturated heterocycles. The maximum atomic E-state index is 12.5. The van der Waals surface area contributed by atoms with Gasteiger partial charge in [0.15, 0.2) is 0 Å². The monoisotopic (exact) mass is 389 g/mol. The van der Waals surface area contributed by atoms with E-state index in [4.69, 9.17) is 4.74 Å². The zero-order chi connectivity index (χ0) is 20.5. The quantitative estimate of drug-likeness (QED) is 0.536. The highest BCUT2D eigenvalue weighted by atomic mass is 16.5. The van der Waals surface area contributed by atoms with Crippen molar-refractivity contribution in [3.05, 3.63) is 83.3 Å². The van der Waals surface area contributed by atoms with E-state index in [0.29, 0.717) is 17.8 Å². The highest BCUT2D eigenvalue weighted by Gasteiger charge is 2.08. The van der Waals surface area contributed by atoms with E-state index in [1.807, 2.05) is 61.5 Å². The van der Waals surface area contributed by atoms with Crippen LogP contribution in [0, 0.1) is 6.92 Å². The number of unbranched alkanes of at least 4 members (excludes halogenated alkanes) is 2. The maximum Gasteiger partial charge on any atom is 0.250 e. The fourth-order valence-corrected chi connectivity index (χ4v) is 3.01. The van der Waals surface area contributed by atoms with Crippen LogP contribution in [-0.2, 0) is 11.2 Å².